The second kappa shape index (κ2) is 5.07. The van der Waals surface area contributed by atoms with Crippen molar-refractivity contribution in [3.63, 3.8) is 0 Å². The summed E-state index contributed by atoms with van der Waals surface area (Å²) in [7, 11) is 0. The highest BCUT2D eigenvalue weighted by Crippen LogP contribution is 2.31. The fourth-order valence-electron chi connectivity index (χ4n) is 1.98. The van der Waals surface area contributed by atoms with Gasteiger partial charge in [-0.1, -0.05) is 18.5 Å². The largest absolute Gasteiger partial charge is 0.462 e. The minimum atomic E-state index is -0.425. The van der Waals surface area contributed by atoms with Crippen LogP contribution in [0, 0.1) is 0 Å². The third-order valence-corrected chi connectivity index (χ3v) is 3.23. The first kappa shape index (κ1) is 11.7. The third-order valence-electron chi connectivity index (χ3n) is 2.97. The maximum Gasteiger partial charge on any atom is 0.210 e. The van der Waals surface area contributed by atoms with E-state index >= 15 is 0 Å². The normalized spacial score (nSPS) is 25.4. The first-order valence-corrected chi connectivity index (χ1v) is 6.20. The van der Waals surface area contributed by atoms with E-state index in [1.165, 1.54) is 6.42 Å². The molecule has 1 heterocycles. The van der Waals surface area contributed by atoms with Crippen LogP contribution in [0.5, 0.6) is 5.75 Å². The number of hydrogen-bond acceptors (Lipinski definition) is 2. The van der Waals surface area contributed by atoms with Gasteiger partial charge in [0.05, 0.1) is 6.61 Å². The average molecular weight is 241 g/mol. The smallest absolute Gasteiger partial charge is 0.210 e. The van der Waals surface area contributed by atoms with Crippen molar-refractivity contribution in [2.75, 3.05) is 6.61 Å². The van der Waals surface area contributed by atoms with E-state index in [9.17, 15) is 0 Å². The highest BCUT2D eigenvalue weighted by molar-refractivity contribution is 6.30. The number of benzene rings is 1. The summed E-state index contributed by atoms with van der Waals surface area (Å²) in [5.74, 6) is 0.402. The van der Waals surface area contributed by atoms with Gasteiger partial charge in [-0.2, -0.15) is 0 Å². The topological polar surface area (TPSA) is 18.5 Å². The Balaban J connectivity index is 2.08. The summed E-state index contributed by atoms with van der Waals surface area (Å²) in [5, 5.41) is 0.725. The monoisotopic (exact) mass is 240 g/mol. The predicted molar refractivity (Wildman–Crippen MR) is 64.9 cm³/mol. The Kier molecular flexibility index (Phi) is 3.72. The van der Waals surface area contributed by atoms with Crippen molar-refractivity contribution >= 4 is 11.6 Å². The lowest BCUT2D eigenvalue weighted by atomic mass is 10.0. The Morgan fingerprint density at radius 1 is 1.31 bits per heavy atom. The molecular formula is C13H17ClO2. The van der Waals surface area contributed by atoms with Gasteiger partial charge >= 0.3 is 0 Å². The zero-order valence-electron chi connectivity index (χ0n) is 9.54. The molecule has 0 radical (unpaired) electrons. The minimum Gasteiger partial charge on any atom is -0.462 e. The molecule has 1 fully saturated rings. The van der Waals surface area contributed by atoms with Gasteiger partial charge in [0.2, 0.25) is 5.79 Å². The molecule has 0 N–H and O–H groups in total. The Hall–Kier alpha value is -0.730. The van der Waals surface area contributed by atoms with E-state index in [2.05, 4.69) is 6.92 Å². The molecule has 88 valence electrons. The summed E-state index contributed by atoms with van der Waals surface area (Å²) in [5.41, 5.74) is 0. The lowest BCUT2D eigenvalue weighted by Crippen LogP contribution is -2.41. The van der Waals surface area contributed by atoms with Crippen LogP contribution in [0.2, 0.25) is 5.02 Å². The summed E-state index contributed by atoms with van der Waals surface area (Å²) < 4.78 is 11.8. The van der Waals surface area contributed by atoms with Gasteiger partial charge in [0.1, 0.15) is 5.75 Å². The highest BCUT2D eigenvalue weighted by Gasteiger charge is 2.33. The molecule has 2 rings (SSSR count). The summed E-state index contributed by atoms with van der Waals surface area (Å²) in [4.78, 5) is 0. The molecule has 1 aliphatic rings. The molecule has 1 aromatic rings. The third kappa shape index (κ3) is 2.69. The Labute approximate surface area is 102 Å². The Morgan fingerprint density at radius 3 is 2.62 bits per heavy atom. The standard InChI is InChI=1S/C13H17ClO2/c1-2-13(9-3-4-10-15-13)16-12-7-5-11(14)6-8-12/h5-8H,2-4,9-10H2,1H3. The second-order valence-electron chi connectivity index (χ2n) is 4.13. The number of hydrogen-bond donors (Lipinski definition) is 0. The van der Waals surface area contributed by atoms with Crippen LogP contribution in [0.4, 0.5) is 0 Å². The second-order valence-corrected chi connectivity index (χ2v) is 4.56. The van der Waals surface area contributed by atoms with Crippen LogP contribution < -0.4 is 4.74 Å². The highest BCUT2D eigenvalue weighted by atomic mass is 35.5. The summed E-state index contributed by atoms with van der Waals surface area (Å²) in [6, 6.07) is 7.45. The maximum atomic E-state index is 5.97. The molecule has 1 aromatic carbocycles. The van der Waals surface area contributed by atoms with Crippen molar-refractivity contribution in [3.8, 4) is 5.75 Å². The van der Waals surface area contributed by atoms with Gasteiger partial charge in [-0.05, 0) is 37.1 Å². The molecule has 2 nitrogen and oxygen atoms in total. The predicted octanol–water partition coefficient (Wildman–Crippen LogP) is 4.03. The van der Waals surface area contributed by atoms with E-state index in [0.717, 1.165) is 36.6 Å². The molecule has 3 heteroatoms. The van der Waals surface area contributed by atoms with E-state index < -0.39 is 5.79 Å². The fourth-order valence-corrected chi connectivity index (χ4v) is 2.10. The van der Waals surface area contributed by atoms with Crippen LogP contribution in [0.15, 0.2) is 24.3 Å². The van der Waals surface area contributed by atoms with Crippen LogP contribution in [-0.2, 0) is 4.74 Å². The van der Waals surface area contributed by atoms with Gasteiger partial charge in [0, 0.05) is 17.9 Å². The zero-order chi connectivity index (χ0) is 11.4. The molecule has 0 spiro atoms. The average Bonchev–Trinajstić information content (AvgIpc) is 2.33. The maximum absolute atomic E-state index is 5.97. The van der Waals surface area contributed by atoms with Crippen LogP contribution in [-0.4, -0.2) is 12.4 Å². The molecule has 0 aliphatic carbocycles. The number of rotatable bonds is 3. The van der Waals surface area contributed by atoms with Gasteiger partial charge in [-0.15, -0.1) is 0 Å². The molecule has 0 aromatic heterocycles. The fraction of sp³-hybridized carbons (Fsp3) is 0.538. The molecule has 0 amide bonds. The van der Waals surface area contributed by atoms with Crippen LogP contribution in [0.25, 0.3) is 0 Å². The lowest BCUT2D eigenvalue weighted by molar-refractivity contribution is -0.207. The summed E-state index contributed by atoms with van der Waals surface area (Å²) in [6.45, 7) is 2.89. The minimum absolute atomic E-state index is 0.425. The number of ether oxygens (including phenoxy) is 2. The van der Waals surface area contributed by atoms with Crippen LogP contribution >= 0.6 is 11.6 Å². The molecule has 1 atom stereocenters. The first-order chi connectivity index (χ1) is 7.74. The lowest BCUT2D eigenvalue weighted by Gasteiger charge is -2.36. The van der Waals surface area contributed by atoms with E-state index in [4.69, 9.17) is 21.1 Å². The molecule has 16 heavy (non-hydrogen) atoms. The Bertz CT molecular complexity index is 328. The molecule has 0 bridgehead atoms. The van der Waals surface area contributed by atoms with Gasteiger partial charge in [-0.25, -0.2) is 0 Å². The van der Waals surface area contributed by atoms with E-state index in [-0.39, 0.29) is 0 Å². The van der Waals surface area contributed by atoms with Crippen molar-refractivity contribution in [1.82, 2.24) is 0 Å². The van der Waals surface area contributed by atoms with Crippen molar-refractivity contribution < 1.29 is 9.47 Å². The van der Waals surface area contributed by atoms with Gasteiger partial charge in [0.25, 0.3) is 0 Å². The molecular weight excluding hydrogens is 224 g/mol. The Morgan fingerprint density at radius 2 is 2.06 bits per heavy atom. The van der Waals surface area contributed by atoms with E-state index in [1.54, 1.807) is 0 Å². The van der Waals surface area contributed by atoms with Crippen molar-refractivity contribution in [2.24, 2.45) is 0 Å². The molecule has 1 saturated heterocycles. The van der Waals surface area contributed by atoms with Crippen molar-refractivity contribution in [3.05, 3.63) is 29.3 Å². The van der Waals surface area contributed by atoms with Gasteiger partial charge < -0.3 is 9.47 Å². The summed E-state index contributed by atoms with van der Waals surface area (Å²) in [6.07, 6.45) is 4.13. The van der Waals surface area contributed by atoms with Crippen LogP contribution in [0.3, 0.4) is 0 Å². The molecule has 0 saturated carbocycles. The van der Waals surface area contributed by atoms with Crippen molar-refractivity contribution in [2.45, 2.75) is 38.4 Å². The SMILES string of the molecule is CCC1(Oc2ccc(Cl)cc2)CCCCO1. The number of halogens is 1. The van der Waals surface area contributed by atoms with Crippen LogP contribution in [0.1, 0.15) is 32.6 Å². The quantitative estimate of drug-likeness (QED) is 0.794. The first-order valence-electron chi connectivity index (χ1n) is 5.83. The molecule has 1 unspecified atom stereocenters. The zero-order valence-corrected chi connectivity index (χ0v) is 10.3. The summed E-state index contributed by atoms with van der Waals surface area (Å²) >= 11 is 5.84. The van der Waals surface area contributed by atoms with E-state index in [1.807, 2.05) is 24.3 Å². The van der Waals surface area contributed by atoms with Crippen molar-refractivity contribution in [1.29, 1.82) is 0 Å². The van der Waals surface area contributed by atoms with Gasteiger partial charge in [-0.3, -0.25) is 0 Å². The van der Waals surface area contributed by atoms with E-state index in [0.29, 0.717) is 0 Å². The molecule has 1 aliphatic heterocycles. The van der Waals surface area contributed by atoms with Gasteiger partial charge in [0.15, 0.2) is 0 Å².